The van der Waals surface area contributed by atoms with Crippen LogP contribution in [0.3, 0.4) is 0 Å². The van der Waals surface area contributed by atoms with Crippen molar-refractivity contribution in [3.8, 4) is 0 Å². The number of nitrogens with zero attached hydrogens (tertiary/aromatic N) is 1. The number of benzene rings is 2. The molecular formula is C17H16ClN3. The van der Waals surface area contributed by atoms with Crippen molar-refractivity contribution in [1.82, 2.24) is 15.3 Å². The summed E-state index contributed by atoms with van der Waals surface area (Å²) in [5.74, 6) is 0.985. The first-order valence-corrected chi connectivity index (χ1v) is 7.63. The Bertz CT molecular complexity index is 761. The number of H-pyrrole nitrogens is 1. The quantitative estimate of drug-likeness (QED) is 0.767. The Morgan fingerprint density at radius 3 is 3.05 bits per heavy atom. The van der Waals surface area contributed by atoms with E-state index in [2.05, 4.69) is 33.5 Å². The summed E-state index contributed by atoms with van der Waals surface area (Å²) >= 11 is 6.05. The molecule has 0 spiro atoms. The molecule has 1 aromatic heterocycles. The van der Waals surface area contributed by atoms with Crippen molar-refractivity contribution < 1.29 is 0 Å². The lowest BCUT2D eigenvalue weighted by Crippen LogP contribution is -2.19. The van der Waals surface area contributed by atoms with Crippen LogP contribution in [0.2, 0.25) is 5.02 Å². The van der Waals surface area contributed by atoms with Gasteiger partial charge in [0.1, 0.15) is 5.82 Å². The first kappa shape index (κ1) is 12.9. The molecule has 21 heavy (non-hydrogen) atoms. The maximum Gasteiger partial charge on any atom is 0.121 e. The lowest BCUT2D eigenvalue weighted by Gasteiger charge is -2.13. The van der Waals surface area contributed by atoms with Gasteiger partial charge in [0.25, 0.3) is 0 Å². The van der Waals surface area contributed by atoms with E-state index in [0.717, 1.165) is 41.3 Å². The number of imidazole rings is 1. The third-order valence-electron chi connectivity index (χ3n) is 4.14. The van der Waals surface area contributed by atoms with Gasteiger partial charge in [-0.25, -0.2) is 4.98 Å². The van der Waals surface area contributed by atoms with Gasteiger partial charge in [-0.2, -0.15) is 0 Å². The summed E-state index contributed by atoms with van der Waals surface area (Å²) < 4.78 is 0. The van der Waals surface area contributed by atoms with Crippen molar-refractivity contribution in [1.29, 1.82) is 0 Å². The van der Waals surface area contributed by atoms with E-state index in [0.29, 0.717) is 6.04 Å². The molecule has 1 atom stereocenters. The predicted octanol–water partition coefficient (Wildman–Crippen LogP) is 3.99. The van der Waals surface area contributed by atoms with E-state index in [1.54, 1.807) is 0 Å². The third-order valence-corrected chi connectivity index (χ3v) is 4.37. The van der Waals surface area contributed by atoms with Crippen molar-refractivity contribution in [2.24, 2.45) is 0 Å². The van der Waals surface area contributed by atoms with E-state index in [1.165, 1.54) is 11.1 Å². The lowest BCUT2D eigenvalue weighted by atomic mass is 10.1. The van der Waals surface area contributed by atoms with E-state index >= 15 is 0 Å². The molecule has 2 N–H and O–H groups in total. The molecule has 2 aromatic carbocycles. The fourth-order valence-electron chi connectivity index (χ4n) is 3.11. The van der Waals surface area contributed by atoms with Crippen molar-refractivity contribution in [2.75, 3.05) is 0 Å². The molecule has 3 aromatic rings. The molecular weight excluding hydrogens is 282 g/mol. The summed E-state index contributed by atoms with van der Waals surface area (Å²) in [6, 6.07) is 14.7. The molecule has 4 rings (SSSR count). The molecule has 0 aliphatic heterocycles. The normalized spacial score (nSPS) is 17.3. The zero-order valence-corrected chi connectivity index (χ0v) is 12.3. The van der Waals surface area contributed by atoms with Gasteiger partial charge in [-0.1, -0.05) is 29.8 Å². The second-order valence-corrected chi connectivity index (χ2v) is 5.95. The number of aromatic amines is 1. The molecule has 1 heterocycles. The number of aryl methyl sites for hydroxylation is 1. The van der Waals surface area contributed by atoms with Crippen LogP contribution >= 0.6 is 11.6 Å². The fraction of sp³-hybridized carbons (Fsp3) is 0.235. The fourth-order valence-corrected chi connectivity index (χ4v) is 3.30. The Hall–Kier alpha value is -1.84. The molecule has 4 heteroatoms. The molecule has 106 valence electrons. The maximum absolute atomic E-state index is 6.05. The summed E-state index contributed by atoms with van der Waals surface area (Å²) in [4.78, 5) is 7.96. The first-order valence-electron chi connectivity index (χ1n) is 7.25. The van der Waals surface area contributed by atoms with Crippen molar-refractivity contribution in [3.63, 3.8) is 0 Å². The minimum atomic E-state index is 0.394. The average molecular weight is 298 g/mol. The van der Waals surface area contributed by atoms with Crippen LogP contribution in [0.25, 0.3) is 11.0 Å². The summed E-state index contributed by atoms with van der Waals surface area (Å²) in [6.45, 7) is 0.751. The van der Waals surface area contributed by atoms with Crippen LogP contribution in [0.4, 0.5) is 0 Å². The monoisotopic (exact) mass is 297 g/mol. The number of fused-ring (bicyclic) bond motifs is 2. The van der Waals surface area contributed by atoms with Gasteiger partial charge in [-0.05, 0) is 48.2 Å². The van der Waals surface area contributed by atoms with Crippen LogP contribution in [0.1, 0.15) is 29.4 Å². The van der Waals surface area contributed by atoms with Crippen LogP contribution in [-0.4, -0.2) is 9.97 Å². The van der Waals surface area contributed by atoms with Gasteiger partial charge in [0, 0.05) is 11.1 Å². The average Bonchev–Trinajstić information content (AvgIpc) is 3.07. The van der Waals surface area contributed by atoms with Crippen LogP contribution in [-0.2, 0) is 13.0 Å². The van der Waals surface area contributed by atoms with Gasteiger partial charge in [0.15, 0.2) is 0 Å². The smallest absolute Gasteiger partial charge is 0.121 e. The molecule has 0 fully saturated rings. The van der Waals surface area contributed by atoms with Crippen molar-refractivity contribution in [2.45, 2.75) is 25.4 Å². The highest BCUT2D eigenvalue weighted by Crippen LogP contribution is 2.32. The second kappa shape index (κ2) is 5.17. The highest BCUT2D eigenvalue weighted by Gasteiger charge is 2.22. The number of halogens is 1. The van der Waals surface area contributed by atoms with Gasteiger partial charge >= 0.3 is 0 Å². The predicted molar refractivity (Wildman–Crippen MR) is 85.4 cm³/mol. The van der Waals surface area contributed by atoms with E-state index in [1.807, 2.05) is 24.3 Å². The number of para-hydroxylation sites is 2. The number of nitrogens with one attached hydrogen (secondary N) is 2. The van der Waals surface area contributed by atoms with E-state index < -0.39 is 0 Å². The highest BCUT2D eigenvalue weighted by atomic mass is 35.5. The van der Waals surface area contributed by atoms with Crippen molar-refractivity contribution in [3.05, 3.63) is 64.4 Å². The standard InChI is InChI=1S/C17H16ClN3/c18-12-6-7-13-11(9-12)5-8-14(13)19-10-17-20-15-3-1-2-4-16(15)21-17/h1-4,6-7,9,14,19H,5,8,10H2,(H,20,21). The minimum Gasteiger partial charge on any atom is -0.341 e. The Kier molecular flexibility index (Phi) is 3.17. The number of hydrogen-bond acceptors (Lipinski definition) is 2. The molecule has 0 saturated carbocycles. The van der Waals surface area contributed by atoms with E-state index in [9.17, 15) is 0 Å². The molecule has 0 bridgehead atoms. The molecule has 3 nitrogen and oxygen atoms in total. The molecule has 0 saturated heterocycles. The zero-order chi connectivity index (χ0) is 14.2. The zero-order valence-electron chi connectivity index (χ0n) is 11.6. The first-order chi connectivity index (χ1) is 10.3. The third kappa shape index (κ3) is 2.43. The molecule has 1 aliphatic carbocycles. The maximum atomic E-state index is 6.05. The lowest BCUT2D eigenvalue weighted by molar-refractivity contribution is 0.521. The summed E-state index contributed by atoms with van der Waals surface area (Å²) in [7, 11) is 0. The van der Waals surface area contributed by atoms with E-state index in [-0.39, 0.29) is 0 Å². The second-order valence-electron chi connectivity index (χ2n) is 5.52. The molecule has 1 unspecified atom stereocenters. The molecule has 1 aliphatic rings. The van der Waals surface area contributed by atoms with E-state index in [4.69, 9.17) is 11.6 Å². The Balaban J connectivity index is 1.51. The Morgan fingerprint density at radius 2 is 2.14 bits per heavy atom. The number of rotatable bonds is 3. The van der Waals surface area contributed by atoms with Gasteiger partial charge in [0.2, 0.25) is 0 Å². The van der Waals surface area contributed by atoms with Gasteiger partial charge < -0.3 is 10.3 Å². The molecule has 0 radical (unpaired) electrons. The highest BCUT2D eigenvalue weighted by molar-refractivity contribution is 6.30. The largest absolute Gasteiger partial charge is 0.341 e. The number of aromatic nitrogens is 2. The molecule has 0 amide bonds. The summed E-state index contributed by atoms with van der Waals surface area (Å²) in [5.41, 5.74) is 4.85. The summed E-state index contributed by atoms with van der Waals surface area (Å²) in [5, 5.41) is 4.42. The minimum absolute atomic E-state index is 0.394. The van der Waals surface area contributed by atoms with Crippen molar-refractivity contribution >= 4 is 22.6 Å². The Labute approximate surface area is 128 Å². The van der Waals surface area contributed by atoms with Crippen LogP contribution in [0.15, 0.2) is 42.5 Å². The Morgan fingerprint density at radius 1 is 1.24 bits per heavy atom. The van der Waals surface area contributed by atoms with Gasteiger partial charge in [-0.15, -0.1) is 0 Å². The van der Waals surface area contributed by atoms with Gasteiger partial charge in [-0.3, -0.25) is 0 Å². The SMILES string of the molecule is Clc1ccc2c(c1)CCC2NCc1nc2ccccc2[nH]1. The topological polar surface area (TPSA) is 40.7 Å². The number of hydrogen-bond donors (Lipinski definition) is 2. The van der Waals surface area contributed by atoms with Gasteiger partial charge in [0.05, 0.1) is 17.6 Å². The van der Waals surface area contributed by atoms with Crippen LogP contribution in [0.5, 0.6) is 0 Å². The van der Waals surface area contributed by atoms with Crippen LogP contribution in [0, 0.1) is 0 Å². The summed E-state index contributed by atoms with van der Waals surface area (Å²) in [6.07, 6.45) is 2.21. The van der Waals surface area contributed by atoms with Crippen LogP contribution < -0.4 is 5.32 Å².